The molecule has 32 heavy (non-hydrogen) atoms. The highest BCUT2D eigenvalue weighted by molar-refractivity contribution is 5.77. The van der Waals surface area contributed by atoms with Crippen molar-refractivity contribution < 1.29 is 13.9 Å². The van der Waals surface area contributed by atoms with Crippen molar-refractivity contribution in [3.05, 3.63) is 108 Å². The Balaban J connectivity index is 1.50. The van der Waals surface area contributed by atoms with Crippen LogP contribution in [0.25, 0.3) is 5.70 Å². The minimum Gasteiger partial charge on any atom is -0.493 e. The van der Waals surface area contributed by atoms with Gasteiger partial charge in [-0.25, -0.2) is 9.07 Å². The van der Waals surface area contributed by atoms with Gasteiger partial charge < -0.3 is 14.8 Å². The molecular formula is C25H21FN4O2. The van der Waals surface area contributed by atoms with E-state index in [0.29, 0.717) is 24.1 Å². The number of hydrogen-bond donors (Lipinski definition) is 1. The number of hydrogen-bond acceptors (Lipinski definition) is 5. The van der Waals surface area contributed by atoms with E-state index >= 15 is 0 Å². The van der Waals surface area contributed by atoms with E-state index in [1.807, 2.05) is 54.6 Å². The van der Waals surface area contributed by atoms with Crippen molar-refractivity contribution in [2.75, 3.05) is 12.4 Å². The second-order valence-corrected chi connectivity index (χ2v) is 7.37. The van der Waals surface area contributed by atoms with Crippen LogP contribution in [-0.2, 0) is 6.61 Å². The number of benzene rings is 3. The van der Waals surface area contributed by atoms with E-state index in [1.165, 1.54) is 18.5 Å². The van der Waals surface area contributed by atoms with Gasteiger partial charge in [-0.3, -0.25) is 0 Å². The van der Waals surface area contributed by atoms with E-state index in [4.69, 9.17) is 9.47 Å². The molecule has 1 N–H and O–H groups in total. The topological polar surface area (TPSA) is 61.2 Å². The second-order valence-electron chi connectivity index (χ2n) is 7.37. The first-order valence-corrected chi connectivity index (χ1v) is 10.2. The molecule has 1 aromatic heterocycles. The molecule has 0 fully saturated rings. The largest absolute Gasteiger partial charge is 0.493 e. The summed E-state index contributed by atoms with van der Waals surface area (Å²) in [4.78, 5) is 4.33. The Labute approximate surface area is 185 Å². The fourth-order valence-electron chi connectivity index (χ4n) is 3.69. The summed E-state index contributed by atoms with van der Waals surface area (Å²) in [5, 5.41) is 7.66. The number of aromatic nitrogens is 3. The lowest BCUT2D eigenvalue weighted by molar-refractivity contribution is 0.284. The van der Waals surface area contributed by atoms with Crippen molar-refractivity contribution in [2.24, 2.45) is 0 Å². The molecule has 1 atom stereocenters. The van der Waals surface area contributed by atoms with E-state index in [0.717, 1.165) is 22.4 Å². The molecule has 4 aromatic rings. The van der Waals surface area contributed by atoms with Gasteiger partial charge in [-0.2, -0.15) is 10.1 Å². The Morgan fingerprint density at radius 3 is 2.59 bits per heavy atom. The van der Waals surface area contributed by atoms with Gasteiger partial charge in [0.25, 0.3) is 0 Å². The van der Waals surface area contributed by atoms with Gasteiger partial charge in [-0.1, -0.05) is 36.4 Å². The van der Waals surface area contributed by atoms with Gasteiger partial charge in [0.15, 0.2) is 11.5 Å². The fraction of sp³-hybridized carbons (Fsp3) is 0.120. The maximum Gasteiger partial charge on any atom is 0.226 e. The molecule has 0 aliphatic carbocycles. The molecule has 0 radical (unpaired) electrons. The molecule has 0 saturated carbocycles. The summed E-state index contributed by atoms with van der Waals surface area (Å²) in [6, 6.07) is 21.9. The smallest absolute Gasteiger partial charge is 0.226 e. The molecule has 0 saturated heterocycles. The van der Waals surface area contributed by atoms with E-state index in [9.17, 15) is 4.39 Å². The van der Waals surface area contributed by atoms with Gasteiger partial charge in [0.2, 0.25) is 5.95 Å². The molecule has 0 bridgehead atoms. The Hall–Kier alpha value is -4.13. The zero-order valence-electron chi connectivity index (χ0n) is 17.4. The van der Waals surface area contributed by atoms with E-state index in [2.05, 4.69) is 15.4 Å². The first kappa shape index (κ1) is 19.8. The van der Waals surface area contributed by atoms with Gasteiger partial charge in [0, 0.05) is 5.70 Å². The average molecular weight is 428 g/mol. The van der Waals surface area contributed by atoms with Crippen LogP contribution < -0.4 is 14.8 Å². The van der Waals surface area contributed by atoms with Crippen LogP contribution in [0.2, 0.25) is 0 Å². The average Bonchev–Trinajstić information content (AvgIpc) is 3.32. The lowest BCUT2D eigenvalue weighted by Crippen LogP contribution is -2.20. The SMILES string of the molecule is COc1ccc(C2C=C(c3ccc(F)cc3)Nc3ncnn32)cc1OCc1ccccc1. The van der Waals surface area contributed by atoms with Crippen LogP contribution in [-0.4, -0.2) is 21.9 Å². The first-order valence-electron chi connectivity index (χ1n) is 10.2. The van der Waals surface area contributed by atoms with Crippen molar-refractivity contribution in [3.8, 4) is 11.5 Å². The molecule has 1 aliphatic rings. The second kappa shape index (κ2) is 8.55. The first-order chi connectivity index (χ1) is 15.7. The van der Waals surface area contributed by atoms with E-state index in [1.54, 1.807) is 23.9 Å². The third kappa shape index (κ3) is 3.92. The molecule has 0 spiro atoms. The quantitative estimate of drug-likeness (QED) is 0.465. The highest BCUT2D eigenvalue weighted by atomic mass is 19.1. The summed E-state index contributed by atoms with van der Waals surface area (Å²) in [6.45, 7) is 0.429. The minimum absolute atomic E-state index is 0.223. The van der Waals surface area contributed by atoms with Crippen LogP contribution in [0.3, 0.4) is 0 Å². The molecule has 160 valence electrons. The summed E-state index contributed by atoms with van der Waals surface area (Å²) >= 11 is 0. The maximum absolute atomic E-state index is 13.4. The highest BCUT2D eigenvalue weighted by Crippen LogP contribution is 2.36. The van der Waals surface area contributed by atoms with Gasteiger partial charge in [-0.15, -0.1) is 0 Å². The van der Waals surface area contributed by atoms with Crippen LogP contribution in [0.1, 0.15) is 22.7 Å². The molecule has 2 heterocycles. The third-order valence-electron chi connectivity index (χ3n) is 5.33. The summed E-state index contributed by atoms with van der Waals surface area (Å²) in [5.74, 6) is 1.63. The fourth-order valence-corrected chi connectivity index (χ4v) is 3.69. The molecule has 0 amide bonds. The number of methoxy groups -OCH3 is 1. The van der Waals surface area contributed by atoms with Gasteiger partial charge in [-0.05, 0) is 59.2 Å². The predicted octanol–water partition coefficient (Wildman–Crippen LogP) is 5.06. The maximum atomic E-state index is 13.4. The molecule has 1 aliphatic heterocycles. The Morgan fingerprint density at radius 1 is 1.00 bits per heavy atom. The summed E-state index contributed by atoms with van der Waals surface area (Å²) in [5.41, 5.74) is 3.72. The third-order valence-corrected chi connectivity index (χ3v) is 5.33. The summed E-state index contributed by atoms with van der Waals surface area (Å²) < 4.78 is 26.8. The zero-order chi connectivity index (χ0) is 21.9. The van der Waals surface area contributed by atoms with Crippen molar-refractivity contribution in [3.63, 3.8) is 0 Å². The Bertz CT molecular complexity index is 1250. The molecule has 5 rings (SSSR count). The van der Waals surface area contributed by atoms with Crippen molar-refractivity contribution in [2.45, 2.75) is 12.6 Å². The number of halogens is 1. The number of rotatable bonds is 6. The molecular weight excluding hydrogens is 407 g/mol. The van der Waals surface area contributed by atoms with Crippen molar-refractivity contribution in [1.82, 2.24) is 14.8 Å². The standard InChI is InChI=1S/C25H21FN4O2/c1-31-23-12-9-19(13-24(23)32-15-17-5-3-2-4-6-17)22-14-21(18-7-10-20(26)11-8-18)29-25-27-16-28-30(22)25/h2-14,16,22H,15H2,1H3,(H,27,28,29). The minimum atomic E-state index is -0.278. The van der Waals surface area contributed by atoms with Gasteiger partial charge >= 0.3 is 0 Å². The van der Waals surface area contributed by atoms with Crippen molar-refractivity contribution >= 4 is 11.6 Å². The Kier molecular flexibility index (Phi) is 5.29. The van der Waals surface area contributed by atoms with Gasteiger partial charge in [0.1, 0.15) is 24.8 Å². The van der Waals surface area contributed by atoms with E-state index < -0.39 is 0 Å². The monoisotopic (exact) mass is 428 g/mol. The van der Waals surface area contributed by atoms with Crippen LogP contribution in [0, 0.1) is 5.82 Å². The molecule has 7 heteroatoms. The number of allylic oxidation sites excluding steroid dienone is 1. The van der Waals surface area contributed by atoms with Gasteiger partial charge in [0.05, 0.1) is 7.11 Å². The molecule has 6 nitrogen and oxygen atoms in total. The van der Waals surface area contributed by atoms with Crippen LogP contribution in [0.4, 0.5) is 10.3 Å². The zero-order valence-corrected chi connectivity index (χ0v) is 17.4. The molecule has 1 unspecified atom stereocenters. The number of nitrogens with zero attached hydrogens (tertiary/aromatic N) is 3. The summed E-state index contributed by atoms with van der Waals surface area (Å²) in [6.07, 6.45) is 3.55. The van der Waals surface area contributed by atoms with Crippen molar-refractivity contribution in [1.29, 1.82) is 0 Å². The van der Waals surface area contributed by atoms with E-state index in [-0.39, 0.29) is 11.9 Å². The highest BCUT2D eigenvalue weighted by Gasteiger charge is 2.24. The number of fused-ring (bicyclic) bond motifs is 1. The number of nitrogens with one attached hydrogen (secondary N) is 1. The number of anilines is 1. The Morgan fingerprint density at radius 2 is 1.81 bits per heavy atom. The lowest BCUT2D eigenvalue weighted by atomic mass is 10.0. The summed E-state index contributed by atoms with van der Waals surface area (Å²) in [7, 11) is 1.62. The van der Waals surface area contributed by atoms with Crippen LogP contribution in [0.5, 0.6) is 11.5 Å². The number of ether oxygens (including phenoxy) is 2. The van der Waals surface area contributed by atoms with Crippen LogP contribution in [0.15, 0.2) is 85.2 Å². The normalized spacial score (nSPS) is 14.8. The molecule has 3 aromatic carbocycles. The van der Waals surface area contributed by atoms with Crippen LogP contribution >= 0.6 is 0 Å². The predicted molar refractivity (Wildman–Crippen MR) is 120 cm³/mol. The lowest BCUT2D eigenvalue weighted by Gasteiger charge is -2.25.